The maximum Gasteiger partial charge on any atom is 0.317 e. The molecule has 1 aromatic rings. The van der Waals surface area contributed by atoms with Crippen LogP contribution in [0.25, 0.3) is 0 Å². The normalized spacial score (nSPS) is 22.5. The molecule has 0 bridgehead atoms. The van der Waals surface area contributed by atoms with Gasteiger partial charge in [-0.05, 0) is 25.7 Å². The summed E-state index contributed by atoms with van der Waals surface area (Å²) < 4.78 is 7.45. The molecule has 1 N–H and O–H groups in total. The summed E-state index contributed by atoms with van der Waals surface area (Å²) in [5, 5.41) is 3.09. The van der Waals surface area contributed by atoms with E-state index in [1.54, 1.807) is 6.20 Å². The van der Waals surface area contributed by atoms with E-state index in [4.69, 9.17) is 4.74 Å². The van der Waals surface area contributed by atoms with E-state index < -0.39 is 0 Å². The van der Waals surface area contributed by atoms with Crippen molar-refractivity contribution < 1.29 is 9.53 Å². The third kappa shape index (κ3) is 4.95. The topological polar surface area (TPSA) is 62.6 Å². The second kappa shape index (κ2) is 9.03. The van der Waals surface area contributed by atoms with Gasteiger partial charge in [0.1, 0.15) is 0 Å². The Balaban J connectivity index is 1.42. The van der Waals surface area contributed by atoms with E-state index in [0.717, 1.165) is 65.2 Å². The Hall–Kier alpha value is -1.60. The number of aryl methyl sites for hydroxylation is 1. The number of nitrogens with one attached hydrogen (secondary N) is 1. The number of rotatable bonds is 6. The van der Waals surface area contributed by atoms with Crippen LogP contribution in [0.4, 0.5) is 4.79 Å². The fraction of sp³-hybridized carbons (Fsp3) is 0.765. The number of nitrogens with zero attached hydrogens (tertiary/aromatic N) is 4. The molecular formula is C17H29N5O2. The zero-order chi connectivity index (χ0) is 16.6. The second-order valence-corrected chi connectivity index (χ2v) is 6.64. The number of amides is 2. The summed E-state index contributed by atoms with van der Waals surface area (Å²) >= 11 is 0. The first kappa shape index (κ1) is 17.2. The summed E-state index contributed by atoms with van der Waals surface area (Å²) in [7, 11) is 0. The van der Waals surface area contributed by atoms with Crippen molar-refractivity contribution in [2.24, 2.45) is 0 Å². The van der Waals surface area contributed by atoms with Crippen molar-refractivity contribution in [1.29, 1.82) is 0 Å². The van der Waals surface area contributed by atoms with Crippen LogP contribution in [0.5, 0.6) is 0 Å². The Labute approximate surface area is 144 Å². The molecule has 0 radical (unpaired) electrons. The lowest BCUT2D eigenvalue weighted by Gasteiger charge is -2.39. The third-order valence-electron chi connectivity index (χ3n) is 4.89. The van der Waals surface area contributed by atoms with Crippen molar-refractivity contribution in [3.63, 3.8) is 0 Å². The van der Waals surface area contributed by atoms with Gasteiger partial charge in [0.05, 0.1) is 19.5 Å². The van der Waals surface area contributed by atoms with Gasteiger partial charge >= 0.3 is 6.03 Å². The number of carbonyl (C=O) groups excluding carboxylic acids is 1. The quantitative estimate of drug-likeness (QED) is 0.793. The van der Waals surface area contributed by atoms with Crippen LogP contribution in [0.3, 0.4) is 0 Å². The van der Waals surface area contributed by atoms with Gasteiger partial charge in [-0.25, -0.2) is 9.78 Å². The Morgan fingerprint density at radius 3 is 2.92 bits per heavy atom. The van der Waals surface area contributed by atoms with Gasteiger partial charge in [0.25, 0.3) is 0 Å². The van der Waals surface area contributed by atoms with Gasteiger partial charge in [0, 0.05) is 57.7 Å². The molecule has 3 heterocycles. The van der Waals surface area contributed by atoms with Gasteiger partial charge in [-0.3, -0.25) is 4.90 Å². The maximum atomic E-state index is 12.6. The van der Waals surface area contributed by atoms with Crippen LogP contribution in [-0.4, -0.2) is 77.4 Å². The number of ether oxygens (including phenoxy) is 1. The molecule has 7 nitrogen and oxygen atoms in total. The van der Waals surface area contributed by atoms with E-state index in [1.165, 1.54) is 6.42 Å². The van der Waals surface area contributed by atoms with Gasteiger partial charge in [-0.1, -0.05) is 0 Å². The van der Waals surface area contributed by atoms with Gasteiger partial charge < -0.3 is 19.5 Å². The molecule has 2 amide bonds. The number of carbonyl (C=O) groups is 1. The standard InChI is InChI=1S/C17H29N5O2/c23-17(19-5-3-7-21-9-6-18-15-21)22-8-2-1-4-16(22)14-20-10-12-24-13-11-20/h6,9,15-16H,1-5,7-8,10-14H2,(H,19,23)/t16-/m0/s1. The Kier molecular flexibility index (Phi) is 6.48. The fourth-order valence-electron chi connectivity index (χ4n) is 3.52. The lowest BCUT2D eigenvalue weighted by atomic mass is 10.0. The Morgan fingerprint density at radius 2 is 2.12 bits per heavy atom. The molecule has 0 saturated carbocycles. The summed E-state index contributed by atoms with van der Waals surface area (Å²) in [6.07, 6.45) is 9.91. The number of likely N-dealkylation sites (tertiary alicyclic amines) is 1. The number of aromatic nitrogens is 2. The van der Waals surface area contributed by atoms with Gasteiger partial charge in [0.15, 0.2) is 0 Å². The minimum absolute atomic E-state index is 0.0959. The molecule has 1 atom stereocenters. The van der Waals surface area contributed by atoms with Crippen LogP contribution in [0, 0.1) is 0 Å². The molecule has 0 unspecified atom stereocenters. The molecule has 2 fully saturated rings. The van der Waals surface area contributed by atoms with Crippen molar-refractivity contribution in [3.05, 3.63) is 18.7 Å². The lowest BCUT2D eigenvalue weighted by molar-refractivity contribution is 0.0221. The molecule has 2 aliphatic rings. The summed E-state index contributed by atoms with van der Waals surface area (Å²) in [6.45, 7) is 7.04. The Bertz CT molecular complexity index is 487. The van der Waals surface area contributed by atoms with E-state index in [9.17, 15) is 4.79 Å². The van der Waals surface area contributed by atoms with E-state index in [-0.39, 0.29) is 6.03 Å². The highest BCUT2D eigenvalue weighted by Gasteiger charge is 2.28. The first-order valence-electron chi connectivity index (χ1n) is 9.13. The van der Waals surface area contributed by atoms with Gasteiger partial charge in [-0.15, -0.1) is 0 Å². The predicted octanol–water partition coefficient (Wildman–Crippen LogP) is 1.17. The number of hydrogen-bond donors (Lipinski definition) is 1. The minimum Gasteiger partial charge on any atom is -0.379 e. The highest BCUT2D eigenvalue weighted by Crippen LogP contribution is 2.18. The average Bonchev–Trinajstić information content (AvgIpc) is 3.13. The SMILES string of the molecule is O=C(NCCCn1ccnc1)N1CCCC[C@H]1CN1CCOCC1. The molecule has 7 heteroatoms. The summed E-state index contributed by atoms with van der Waals surface area (Å²) in [5.41, 5.74) is 0. The zero-order valence-electron chi connectivity index (χ0n) is 14.4. The number of hydrogen-bond acceptors (Lipinski definition) is 4. The molecule has 0 aliphatic carbocycles. The molecule has 3 rings (SSSR count). The van der Waals surface area contributed by atoms with Gasteiger partial charge in [-0.2, -0.15) is 0 Å². The summed E-state index contributed by atoms with van der Waals surface area (Å²) in [4.78, 5) is 21.1. The maximum absolute atomic E-state index is 12.6. The smallest absolute Gasteiger partial charge is 0.317 e. The van der Waals surface area contributed by atoms with Crippen LogP contribution in [-0.2, 0) is 11.3 Å². The van der Waals surface area contributed by atoms with E-state index in [0.29, 0.717) is 12.6 Å². The first-order valence-corrected chi connectivity index (χ1v) is 9.13. The number of piperidine rings is 1. The van der Waals surface area contributed by atoms with E-state index in [1.807, 2.05) is 17.1 Å². The highest BCUT2D eigenvalue weighted by atomic mass is 16.5. The van der Waals surface area contributed by atoms with Crippen molar-refractivity contribution in [2.75, 3.05) is 45.9 Å². The van der Waals surface area contributed by atoms with Gasteiger partial charge in [0.2, 0.25) is 0 Å². The van der Waals surface area contributed by atoms with Crippen LogP contribution in [0.1, 0.15) is 25.7 Å². The fourth-order valence-corrected chi connectivity index (χ4v) is 3.52. The molecule has 1 aromatic heterocycles. The number of urea groups is 1. The van der Waals surface area contributed by atoms with Crippen molar-refractivity contribution in [2.45, 2.75) is 38.3 Å². The van der Waals surface area contributed by atoms with E-state index >= 15 is 0 Å². The second-order valence-electron chi connectivity index (χ2n) is 6.64. The first-order chi connectivity index (χ1) is 11.8. The monoisotopic (exact) mass is 335 g/mol. The van der Waals surface area contributed by atoms with E-state index in [2.05, 4.69) is 20.1 Å². The molecule has 134 valence electrons. The average molecular weight is 335 g/mol. The third-order valence-corrected chi connectivity index (χ3v) is 4.89. The number of imidazole rings is 1. The zero-order valence-corrected chi connectivity index (χ0v) is 14.4. The molecule has 0 spiro atoms. The van der Waals surface area contributed by atoms with Crippen LogP contribution >= 0.6 is 0 Å². The predicted molar refractivity (Wildman–Crippen MR) is 91.8 cm³/mol. The van der Waals surface area contributed by atoms with Crippen molar-refractivity contribution in [3.8, 4) is 0 Å². The number of morpholine rings is 1. The summed E-state index contributed by atoms with van der Waals surface area (Å²) in [6, 6.07) is 0.434. The van der Waals surface area contributed by atoms with Crippen molar-refractivity contribution >= 4 is 6.03 Å². The van der Waals surface area contributed by atoms with Crippen LogP contribution in [0.2, 0.25) is 0 Å². The molecule has 2 saturated heterocycles. The summed E-state index contributed by atoms with van der Waals surface area (Å²) in [5.74, 6) is 0. The Morgan fingerprint density at radius 1 is 1.25 bits per heavy atom. The molecule has 24 heavy (non-hydrogen) atoms. The van der Waals surface area contributed by atoms with Crippen LogP contribution in [0.15, 0.2) is 18.7 Å². The largest absolute Gasteiger partial charge is 0.379 e. The molecule has 0 aromatic carbocycles. The molecule has 2 aliphatic heterocycles. The highest BCUT2D eigenvalue weighted by molar-refractivity contribution is 5.74. The van der Waals surface area contributed by atoms with Crippen LogP contribution < -0.4 is 5.32 Å². The molecular weight excluding hydrogens is 306 g/mol. The lowest BCUT2D eigenvalue weighted by Crippen LogP contribution is -2.54. The minimum atomic E-state index is 0.0959. The van der Waals surface area contributed by atoms with Crippen molar-refractivity contribution in [1.82, 2.24) is 24.7 Å².